The van der Waals surface area contributed by atoms with Gasteiger partial charge >= 0.3 is 5.97 Å². The number of carbonyl (C=O) groups is 1. The molecule has 1 aromatic rings. The Morgan fingerprint density at radius 1 is 1.62 bits per heavy atom. The molecule has 0 aliphatic heterocycles. The number of hydrogen-bond acceptors (Lipinski definition) is 4. The van der Waals surface area contributed by atoms with Crippen LogP contribution < -0.4 is 10.1 Å². The lowest BCUT2D eigenvalue weighted by atomic mass is 9.93. The molecule has 86 valence electrons. The molecule has 2 rings (SSSR count). The molecular formula is C11H14N2O3. The maximum Gasteiger partial charge on any atom is 0.339 e. The van der Waals surface area contributed by atoms with E-state index in [1.54, 1.807) is 0 Å². The average molecular weight is 222 g/mol. The van der Waals surface area contributed by atoms with Crippen molar-refractivity contribution in [2.75, 3.05) is 12.4 Å². The van der Waals surface area contributed by atoms with E-state index in [1.807, 2.05) is 0 Å². The second-order valence-corrected chi connectivity index (χ2v) is 3.85. The third-order valence-electron chi connectivity index (χ3n) is 2.77. The van der Waals surface area contributed by atoms with E-state index in [1.165, 1.54) is 25.8 Å². The van der Waals surface area contributed by atoms with E-state index in [-0.39, 0.29) is 11.3 Å². The smallest absolute Gasteiger partial charge is 0.339 e. The minimum Gasteiger partial charge on any atom is -0.494 e. The maximum absolute atomic E-state index is 11.0. The van der Waals surface area contributed by atoms with Gasteiger partial charge in [0.2, 0.25) is 0 Å². The second kappa shape index (κ2) is 4.38. The van der Waals surface area contributed by atoms with Crippen molar-refractivity contribution < 1.29 is 14.6 Å². The van der Waals surface area contributed by atoms with Gasteiger partial charge in [-0.2, -0.15) is 0 Å². The van der Waals surface area contributed by atoms with E-state index in [0.29, 0.717) is 11.9 Å². The highest BCUT2D eigenvalue weighted by Gasteiger charge is 2.19. The Morgan fingerprint density at radius 2 is 2.38 bits per heavy atom. The summed E-state index contributed by atoms with van der Waals surface area (Å²) in [7, 11) is 1.43. The number of anilines is 1. The zero-order valence-corrected chi connectivity index (χ0v) is 9.06. The first-order valence-corrected chi connectivity index (χ1v) is 5.24. The molecule has 1 aliphatic rings. The molecule has 5 nitrogen and oxygen atoms in total. The van der Waals surface area contributed by atoms with E-state index in [0.717, 1.165) is 12.8 Å². The number of ether oxygens (including phenoxy) is 1. The normalized spacial score (nSPS) is 15.3. The Bertz CT molecular complexity index is 402. The molecule has 5 heteroatoms. The third-order valence-corrected chi connectivity index (χ3v) is 2.77. The standard InChI is InChI=1S/C11H14N2O3/c1-16-9-6-12-10(5-8(9)11(14)15)13-7-3-2-4-7/h5-7H,2-4H2,1H3,(H,12,13)(H,14,15). The fourth-order valence-electron chi connectivity index (χ4n) is 1.61. The van der Waals surface area contributed by atoms with Gasteiger partial charge in [0.15, 0.2) is 5.75 Å². The molecular weight excluding hydrogens is 208 g/mol. The van der Waals surface area contributed by atoms with E-state index in [9.17, 15) is 4.79 Å². The Morgan fingerprint density at radius 3 is 2.88 bits per heavy atom. The van der Waals surface area contributed by atoms with Crippen LogP contribution in [0, 0.1) is 0 Å². The van der Waals surface area contributed by atoms with Gasteiger partial charge in [-0.3, -0.25) is 0 Å². The monoisotopic (exact) mass is 222 g/mol. The lowest BCUT2D eigenvalue weighted by Crippen LogP contribution is -2.27. The highest BCUT2D eigenvalue weighted by atomic mass is 16.5. The summed E-state index contributed by atoms with van der Waals surface area (Å²) in [6.45, 7) is 0. The van der Waals surface area contributed by atoms with Gasteiger partial charge in [0.05, 0.1) is 13.3 Å². The predicted molar refractivity (Wildman–Crippen MR) is 59.0 cm³/mol. The molecule has 1 heterocycles. The molecule has 2 N–H and O–H groups in total. The molecule has 0 atom stereocenters. The summed E-state index contributed by atoms with van der Waals surface area (Å²) < 4.78 is 4.94. The molecule has 1 saturated carbocycles. The molecule has 1 aliphatic carbocycles. The summed E-state index contributed by atoms with van der Waals surface area (Å²) in [4.78, 5) is 15.1. The maximum atomic E-state index is 11.0. The summed E-state index contributed by atoms with van der Waals surface area (Å²) in [5, 5.41) is 12.2. The van der Waals surface area contributed by atoms with Gasteiger partial charge in [-0.15, -0.1) is 0 Å². The van der Waals surface area contributed by atoms with Crippen molar-refractivity contribution in [1.82, 2.24) is 4.98 Å². The lowest BCUT2D eigenvalue weighted by Gasteiger charge is -2.27. The number of methoxy groups -OCH3 is 1. The number of nitrogens with one attached hydrogen (secondary N) is 1. The van der Waals surface area contributed by atoms with Crippen LogP contribution in [-0.4, -0.2) is 29.2 Å². The van der Waals surface area contributed by atoms with E-state index >= 15 is 0 Å². The number of nitrogens with zero attached hydrogens (tertiary/aromatic N) is 1. The molecule has 0 saturated heterocycles. The molecule has 0 bridgehead atoms. The van der Waals surface area contributed by atoms with E-state index in [2.05, 4.69) is 10.3 Å². The number of rotatable bonds is 4. The van der Waals surface area contributed by atoms with Crippen LogP contribution in [0.25, 0.3) is 0 Å². The number of carboxylic acids is 1. The predicted octanol–water partition coefficient (Wildman–Crippen LogP) is 1.75. The largest absolute Gasteiger partial charge is 0.494 e. The van der Waals surface area contributed by atoms with Gasteiger partial charge in [-0.25, -0.2) is 9.78 Å². The summed E-state index contributed by atoms with van der Waals surface area (Å²) in [5.74, 6) is -0.120. The summed E-state index contributed by atoms with van der Waals surface area (Å²) >= 11 is 0. The van der Waals surface area contributed by atoms with Crippen molar-refractivity contribution in [2.45, 2.75) is 25.3 Å². The molecule has 0 aromatic carbocycles. The molecule has 16 heavy (non-hydrogen) atoms. The lowest BCUT2D eigenvalue weighted by molar-refractivity contribution is 0.0693. The summed E-state index contributed by atoms with van der Waals surface area (Å²) in [6, 6.07) is 1.95. The van der Waals surface area contributed by atoms with Crippen LogP contribution in [0.15, 0.2) is 12.3 Å². The number of aromatic carboxylic acids is 1. The van der Waals surface area contributed by atoms with Crippen molar-refractivity contribution in [1.29, 1.82) is 0 Å². The van der Waals surface area contributed by atoms with Crippen molar-refractivity contribution in [3.05, 3.63) is 17.8 Å². The average Bonchev–Trinajstić information content (AvgIpc) is 2.23. The van der Waals surface area contributed by atoms with Crippen LogP contribution in [0.1, 0.15) is 29.6 Å². The Hall–Kier alpha value is -1.78. The minimum absolute atomic E-state index is 0.138. The Kier molecular flexibility index (Phi) is 2.94. The van der Waals surface area contributed by atoms with Crippen molar-refractivity contribution in [3.63, 3.8) is 0 Å². The molecule has 0 unspecified atom stereocenters. The number of aromatic nitrogens is 1. The van der Waals surface area contributed by atoms with Crippen molar-refractivity contribution in [3.8, 4) is 5.75 Å². The van der Waals surface area contributed by atoms with Gasteiger partial charge in [0.1, 0.15) is 11.4 Å². The third kappa shape index (κ3) is 2.08. The molecule has 1 aromatic heterocycles. The van der Waals surface area contributed by atoms with Crippen LogP contribution in [0.4, 0.5) is 5.82 Å². The highest BCUT2D eigenvalue weighted by molar-refractivity contribution is 5.91. The van der Waals surface area contributed by atoms with Crippen LogP contribution in [-0.2, 0) is 0 Å². The van der Waals surface area contributed by atoms with Crippen LogP contribution in [0.5, 0.6) is 5.75 Å². The first-order chi connectivity index (χ1) is 7.70. The quantitative estimate of drug-likeness (QED) is 0.812. The van der Waals surface area contributed by atoms with Gasteiger partial charge in [-0.05, 0) is 25.3 Å². The second-order valence-electron chi connectivity index (χ2n) is 3.85. The van der Waals surface area contributed by atoms with Gasteiger partial charge in [-0.1, -0.05) is 0 Å². The number of hydrogen-bond donors (Lipinski definition) is 2. The van der Waals surface area contributed by atoms with Crippen LogP contribution in [0.2, 0.25) is 0 Å². The molecule has 0 radical (unpaired) electrons. The zero-order valence-electron chi connectivity index (χ0n) is 9.06. The molecule has 0 spiro atoms. The highest BCUT2D eigenvalue weighted by Crippen LogP contribution is 2.25. The van der Waals surface area contributed by atoms with Gasteiger partial charge < -0.3 is 15.2 Å². The van der Waals surface area contributed by atoms with E-state index < -0.39 is 5.97 Å². The number of carboxylic acid groups (broad SMARTS) is 1. The molecule has 1 fully saturated rings. The molecule has 0 amide bonds. The van der Waals surface area contributed by atoms with Crippen LogP contribution in [0.3, 0.4) is 0 Å². The van der Waals surface area contributed by atoms with Crippen LogP contribution >= 0.6 is 0 Å². The van der Waals surface area contributed by atoms with Crippen molar-refractivity contribution in [2.24, 2.45) is 0 Å². The van der Waals surface area contributed by atoms with E-state index in [4.69, 9.17) is 9.84 Å². The minimum atomic E-state index is -1.00. The first-order valence-electron chi connectivity index (χ1n) is 5.24. The fourth-order valence-corrected chi connectivity index (χ4v) is 1.61. The Balaban J connectivity index is 2.20. The summed E-state index contributed by atoms with van der Waals surface area (Å²) in [6.07, 6.45) is 4.90. The van der Waals surface area contributed by atoms with Gasteiger partial charge in [0.25, 0.3) is 0 Å². The van der Waals surface area contributed by atoms with Gasteiger partial charge in [0, 0.05) is 6.04 Å². The fraction of sp³-hybridized carbons (Fsp3) is 0.455. The number of pyridine rings is 1. The topological polar surface area (TPSA) is 71.5 Å². The first kappa shape index (κ1) is 10.7. The zero-order chi connectivity index (χ0) is 11.5. The summed E-state index contributed by atoms with van der Waals surface area (Å²) in [5.41, 5.74) is 0.138. The SMILES string of the molecule is COc1cnc(NC2CCC2)cc1C(=O)O. The van der Waals surface area contributed by atoms with Crippen molar-refractivity contribution >= 4 is 11.8 Å². The Labute approximate surface area is 93.5 Å².